The van der Waals surface area contributed by atoms with Crippen molar-refractivity contribution in [3.8, 4) is 10.7 Å². The number of nitrogens with one attached hydrogen (secondary N) is 1. The molecule has 0 saturated heterocycles. The Morgan fingerprint density at radius 1 is 1.37 bits per heavy atom. The first-order valence-corrected chi connectivity index (χ1v) is 8.11. The van der Waals surface area contributed by atoms with Gasteiger partial charge >= 0.3 is 0 Å². The molecule has 2 aromatic rings. The zero-order chi connectivity index (χ0) is 13.9. The molecule has 0 fully saturated rings. The summed E-state index contributed by atoms with van der Waals surface area (Å²) < 4.78 is 25.8. The predicted molar refractivity (Wildman–Crippen MR) is 74.0 cm³/mol. The van der Waals surface area contributed by atoms with Crippen LogP contribution in [0.15, 0.2) is 24.0 Å². The summed E-state index contributed by atoms with van der Waals surface area (Å²) in [5.41, 5.74) is 1.36. The molecule has 0 bridgehead atoms. The van der Waals surface area contributed by atoms with E-state index in [1.54, 1.807) is 32.4 Å². The summed E-state index contributed by atoms with van der Waals surface area (Å²) in [6, 6.07) is 0. The number of thiazole rings is 1. The van der Waals surface area contributed by atoms with Crippen molar-refractivity contribution in [1.29, 1.82) is 0 Å². The Hall–Kier alpha value is -1.38. The molecular formula is C11H14N4O2S2. The number of aromatic nitrogens is 3. The van der Waals surface area contributed by atoms with Crippen molar-refractivity contribution in [3.63, 3.8) is 0 Å². The van der Waals surface area contributed by atoms with Crippen LogP contribution in [-0.4, -0.2) is 28.6 Å². The van der Waals surface area contributed by atoms with Crippen LogP contribution in [0.4, 0.5) is 0 Å². The van der Waals surface area contributed by atoms with Crippen molar-refractivity contribution in [2.24, 2.45) is 0 Å². The molecule has 0 aliphatic heterocycles. The second-order valence-corrected chi connectivity index (χ2v) is 7.33. The Kier molecular flexibility index (Phi) is 4.23. The Labute approximate surface area is 116 Å². The fourth-order valence-corrected chi connectivity index (χ4v) is 2.72. The molecule has 8 heteroatoms. The third-order valence-electron chi connectivity index (χ3n) is 2.41. The van der Waals surface area contributed by atoms with Crippen molar-refractivity contribution in [3.05, 3.63) is 29.7 Å². The summed E-state index contributed by atoms with van der Waals surface area (Å²) in [6.45, 7) is 3.46. The van der Waals surface area contributed by atoms with Crippen LogP contribution in [0.3, 0.4) is 0 Å². The summed E-state index contributed by atoms with van der Waals surface area (Å²) in [5, 5.41) is 2.09. The first-order chi connectivity index (χ1) is 8.99. The van der Waals surface area contributed by atoms with Crippen molar-refractivity contribution in [1.82, 2.24) is 19.7 Å². The van der Waals surface area contributed by atoms with Crippen LogP contribution < -0.4 is 4.72 Å². The van der Waals surface area contributed by atoms with Gasteiger partial charge in [0.1, 0.15) is 10.7 Å². The summed E-state index contributed by atoms with van der Waals surface area (Å²) >= 11 is 1.41. The van der Waals surface area contributed by atoms with E-state index in [-0.39, 0.29) is 6.54 Å². The number of hydrogen-bond acceptors (Lipinski definition) is 6. The third-order valence-corrected chi connectivity index (χ3v) is 5.11. The van der Waals surface area contributed by atoms with E-state index in [0.717, 1.165) is 5.01 Å². The molecule has 2 aromatic heterocycles. The fraction of sp³-hybridized carbons (Fsp3) is 0.364. The van der Waals surface area contributed by atoms with E-state index < -0.39 is 15.3 Å². The van der Waals surface area contributed by atoms with E-state index in [4.69, 9.17) is 0 Å². The topological polar surface area (TPSA) is 84.8 Å². The SMILES string of the molecule is CC(C)S(=O)(=O)NCc1csc(-c2cnccn2)n1. The zero-order valence-corrected chi connectivity index (χ0v) is 12.2. The van der Waals surface area contributed by atoms with E-state index >= 15 is 0 Å². The Morgan fingerprint density at radius 3 is 2.79 bits per heavy atom. The minimum atomic E-state index is -3.27. The molecule has 0 radical (unpaired) electrons. The predicted octanol–water partition coefficient (Wildman–Crippen LogP) is 1.43. The van der Waals surface area contributed by atoms with Crippen LogP contribution in [0.25, 0.3) is 10.7 Å². The lowest BCUT2D eigenvalue weighted by molar-refractivity contribution is 0.571. The highest BCUT2D eigenvalue weighted by molar-refractivity contribution is 7.90. The summed E-state index contributed by atoms with van der Waals surface area (Å²) in [6.07, 6.45) is 4.81. The van der Waals surface area contributed by atoms with Crippen LogP contribution in [-0.2, 0) is 16.6 Å². The normalized spacial score (nSPS) is 11.9. The maximum atomic E-state index is 11.6. The van der Waals surface area contributed by atoms with Gasteiger partial charge < -0.3 is 0 Å². The van der Waals surface area contributed by atoms with Gasteiger partial charge in [0.05, 0.1) is 23.7 Å². The average Bonchev–Trinajstić information content (AvgIpc) is 2.86. The standard InChI is InChI=1S/C11H14N4O2S2/c1-8(2)19(16,17)14-5-9-7-18-11(15-9)10-6-12-3-4-13-10/h3-4,6-8,14H,5H2,1-2H3. The minimum absolute atomic E-state index is 0.192. The Balaban J connectivity index is 2.07. The van der Waals surface area contributed by atoms with Gasteiger partial charge in [-0.3, -0.25) is 9.97 Å². The Bertz CT molecular complexity index is 638. The van der Waals surface area contributed by atoms with E-state index in [9.17, 15) is 8.42 Å². The van der Waals surface area contributed by atoms with Gasteiger partial charge in [-0.2, -0.15) is 0 Å². The van der Waals surface area contributed by atoms with Gasteiger partial charge in [0, 0.05) is 17.8 Å². The van der Waals surface area contributed by atoms with E-state index in [0.29, 0.717) is 11.4 Å². The summed E-state index contributed by atoms with van der Waals surface area (Å²) in [4.78, 5) is 12.4. The molecule has 0 atom stereocenters. The Morgan fingerprint density at radius 2 is 2.16 bits per heavy atom. The largest absolute Gasteiger partial charge is 0.261 e. The first kappa shape index (κ1) is 14.0. The number of sulfonamides is 1. The van der Waals surface area contributed by atoms with E-state index in [2.05, 4.69) is 19.7 Å². The number of rotatable bonds is 5. The lowest BCUT2D eigenvalue weighted by Gasteiger charge is -2.07. The molecule has 2 rings (SSSR count). The zero-order valence-electron chi connectivity index (χ0n) is 10.6. The molecule has 0 aliphatic rings. The molecule has 102 valence electrons. The van der Waals surface area contributed by atoms with Crippen molar-refractivity contribution in [2.75, 3.05) is 0 Å². The maximum Gasteiger partial charge on any atom is 0.214 e. The summed E-state index contributed by atoms with van der Waals surface area (Å²) in [7, 11) is -3.27. The van der Waals surface area contributed by atoms with Crippen molar-refractivity contribution >= 4 is 21.4 Å². The second-order valence-electron chi connectivity index (χ2n) is 4.15. The number of nitrogens with zero attached hydrogens (tertiary/aromatic N) is 3. The smallest absolute Gasteiger partial charge is 0.214 e. The van der Waals surface area contributed by atoms with Crippen molar-refractivity contribution < 1.29 is 8.42 Å². The molecule has 0 saturated carbocycles. The molecule has 0 spiro atoms. The van der Waals surface area contributed by atoms with Crippen molar-refractivity contribution in [2.45, 2.75) is 25.6 Å². The molecular weight excluding hydrogens is 284 g/mol. The highest BCUT2D eigenvalue weighted by Crippen LogP contribution is 2.20. The average molecular weight is 298 g/mol. The van der Waals surface area contributed by atoms with Crippen LogP contribution >= 0.6 is 11.3 Å². The maximum absolute atomic E-state index is 11.6. The molecule has 1 N–H and O–H groups in total. The fourth-order valence-electron chi connectivity index (χ4n) is 1.26. The van der Waals surface area contributed by atoms with Gasteiger partial charge in [-0.15, -0.1) is 11.3 Å². The highest BCUT2D eigenvalue weighted by Gasteiger charge is 2.15. The highest BCUT2D eigenvalue weighted by atomic mass is 32.2. The lowest BCUT2D eigenvalue weighted by atomic mass is 10.4. The van der Waals surface area contributed by atoms with Crippen LogP contribution in [0, 0.1) is 0 Å². The first-order valence-electron chi connectivity index (χ1n) is 5.68. The quantitative estimate of drug-likeness (QED) is 0.902. The van der Waals surface area contributed by atoms with Crippen LogP contribution in [0.1, 0.15) is 19.5 Å². The van der Waals surface area contributed by atoms with Gasteiger partial charge in [-0.1, -0.05) is 0 Å². The molecule has 6 nitrogen and oxygen atoms in total. The van der Waals surface area contributed by atoms with Crippen LogP contribution in [0.2, 0.25) is 0 Å². The number of hydrogen-bond donors (Lipinski definition) is 1. The molecule has 0 aromatic carbocycles. The molecule has 19 heavy (non-hydrogen) atoms. The lowest BCUT2D eigenvalue weighted by Crippen LogP contribution is -2.30. The minimum Gasteiger partial charge on any atom is -0.261 e. The van der Waals surface area contributed by atoms with Crippen LogP contribution in [0.5, 0.6) is 0 Å². The molecule has 2 heterocycles. The second kappa shape index (κ2) is 5.72. The monoisotopic (exact) mass is 298 g/mol. The third kappa shape index (κ3) is 3.55. The van der Waals surface area contributed by atoms with Gasteiger partial charge in [0.2, 0.25) is 10.0 Å². The van der Waals surface area contributed by atoms with Gasteiger partial charge in [-0.25, -0.2) is 18.1 Å². The van der Waals surface area contributed by atoms with Gasteiger partial charge in [-0.05, 0) is 13.8 Å². The van der Waals surface area contributed by atoms with Gasteiger partial charge in [0.15, 0.2) is 0 Å². The van der Waals surface area contributed by atoms with Gasteiger partial charge in [0.25, 0.3) is 0 Å². The molecule has 0 unspecified atom stereocenters. The van der Waals surface area contributed by atoms with E-state index in [1.165, 1.54) is 11.3 Å². The van der Waals surface area contributed by atoms with E-state index in [1.807, 2.05) is 5.38 Å². The molecule has 0 amide bonds. The summed E-state index contributed by atoms with van der Waals surface area (Å²) in [5.74, 6) is 0. The molecule has 0 aliphatic carbocycles.